The molecule has 0 aliphatic carbocycles. The zero-order valence-corrected chi connectivity index (χ0v) is 16.0. The normalized spacial score (nSPS) is 10.7. The highest BCUT2D eigenvalue weighted by atomic mass is 16.5. The number of benzene rings is 2. The Labute approximate surface area is 161 Å². The molecule has 0 bridgehead atoms. The van der Waals surface area contributed by atoms with Gasteiger partial charge in [-0.3, -0.25) is 0 Å². The van der Waals surface area contributed by atoms with Gasteiger partial charge in [-0.15, -0.1) is 0 Å². The molecule has 0 fully saturated rings. The quantitative estimate of drug-likeness (QED) is 0.592. The average molecular weight is 361 g/mol. The van der Waals surface area contributed by atoms with Gasteiger partial charge in [-0.05, 0) is 67.8 Å². The Kier molecular flexibility index (Phi) is 6.44. The number of nitrogens with zero attached hydrogens (tertiary/aromatic N) is 1. The number of aromatic nitrogens is 1. The van der Waals surface area contributed by atoms with Crippen molar-refractivity contribution in [2.45, 2.75) is 20.3 Å². The number of hydrogen-bond acceptors (Lipinski definition) is 4. The molecule has 3 N–H and O–H groups in total. The van der Waals surface area contributed by atoms with Crippen LogP contribution in [0.2, 0.25) is 0 Å². The zero-order valence-electron chi connectivity index (χ0n) is 16.0. The maximum Gasteiger partial charge on any atom is 0.124 e. The summed E-state index contributed by atoms with van der Waals surface area (Å²) in [4.78, 5) is 4.44. The molecule has 1 heterocycles. The predicted molar refractivity (Wildman–Crippen MR) is 112 cm³/mol. The molecule has 2 aromatic carbocycles. The van der Waals surface area contributed by atoms with Crippen LogP contribution in [0.15, 0.2) is 60.7 Å². The Balaban J connectivity index is 1.51. The zero-order chi connectivity index (χ0) is 19.1. The van der Waals surface area contributed by atoms with Crippen LogP contribution < -0.4 is 15.8 Å². The summed E-state index contributed by atoms with van der Waals surface area (Å²) in [6.07, 6.45) is 1.03. The third-order valence-corrected chi connectivity index (χ3v) is 4.51. The molecule has 0 aliphatic rings. The van der Waals surface area contributed by atoms with Crippen molar-refractivity contribution in [3.05, 3.63) is 77.4 Å². The van der Waals surface area contributed by atoms with Gasteiger partial charge in [0, 0.05) is 12.1 Å². The number of aryl methyl sites for hydroxylation is 2. The number of ether oxygens (including phenoxy) is 1. The largest absolute Gasteiger partial charge is 0.492 e. The van der Waals surface area contributed by atoms with Gasteiger partial charge in [0.1, 0.15) is 18.2 Å². The number of nitrogen functional groups attached to an aromatic ring is 1. The molecule has 3 rings (SSSR count). The SMILES string of the molecule is Cc1cc(OCCNCCc2ccccc2)cc(C)c1-c1cccc(N)n1. The minimum Gasteiger partial charge on any atom is -0.492 e. The van der Waals surface area contributed by atoms with E-state index in [1.165, 1.54) is 5.56 Å². The topological polar surface area (TPSA) is 60.2 Å². The lowest BCUT2D eigenvalue weighted by Crippen LogP contribution is -2.23. The van der Waals surface area contributed by atoms with Crippen molar-refractivity contribution in [1.82, 2.24) is 10.3 Å². The number of pyridine rings is 1. The number of hydrogen-bond donors (Lipinski definition) is 2. The lowest BCUT2D eigenvalue weighted by Gasteiger charge is -2.14. The maximum atomic E-state index is 5.93. The van der Waals surface area contributed by atoms with Gasteiger partial charge in [0.15, 0.2) is 0 Å². The molecule has 1 aromatic heterocycles. The lowest BCUT2D eigenvalue weighted by atomic mass is 9.99. The molecule has 0 amide bonds. The van der Waals surface area contributed by atoms with E-state index in [0.29, 0.717) is 12.4 Å². The molecule has 4 nitrogen and oxygen atoms in total. The highest BCUT2D eigenvalue weighted by molar-refractivity contribution is 5.69. The second-order valence-corrected chi connectivity index (χ2v) is 6.71. The highest BCUT2D eigenvalue weighted by Gasteiger charge is 2.10. The Morgan fingerprint density at radius 3 is 2.37 bits per heavy atom. The molecular formula is C23H27N3O. The van der Waals surface area contributed by atoms with Crippen LogP contribution in [0.25, 0.3) is 11.3 Å². The van der Waals surface area contributed by atoms with E-state index >= 15 is 0 Å². The van der Waals surface area contributed by atoms with Crippen LogP contribution in [0.3, 0.4) is 0 Å². The van der Waals surface area contributed by atoms with Gasteiger partial charge in [-0.25, -0.2) is 4.98 Å². The van der Waals surface area contributed by atoms with Crippen molar-refractivity contribution in [2.75, 3.05) is 25.4 Å². The number of nitrogens with one attached hydrogen (secondary N) is 1. The molecule has 140 valence electrons. The Morgan fingerprint density at radius 1 is 0.926 bits per heavy atom. The molecule has 0 radical (unpaired) electrons. The smallest absolute Gasteiger partial charge is 0.124 e. The summed E-state index contributed by atoms with van der Waals surface area (Å²) < 4.78 is 5.93. The van der Waals surface area contributed by atoms with Crippen molar-refractivity contribution in [1.29, 1.82) is 0 Å². The standard InChI is InChI=1S/C23H27N3O/c1-17-15-20(16-18(2)23(17)21-9-6-10-22(24)26-21)27-14-13-25-12-11-19-7-4-3-5-8-19/h3-10,15-16,25H,11-14H2,1-2H3,(H2,24,26). The van der Waals surface area contributed by atoms with Crippen molar-refractivity contribution in [3.63, 3.8) is 0 Å². The minimum absolute atomic E-state index is 0.535. The second-order valence-electron chi connectivity index (χ2n) is 6.71. The predicted octanol–water partition coefficient (Wildman–Crippen LogP) is 4.16. The fourth-order valence-electron chi connectivity index (χ4n) is 3.25. The molecule has 0 saturated carbocycles. The van der Waals surface area contributed by atoms with Crippen LogP contribution in [-0.4, -0.2) is 24.7 Å². The average Bonchev–Trinajstić information content (AvgIpc) is 2.65. The molecule has 0 unspecified atom stereocenters. The van der Waals surface area contributed by atoms with Gasteiger partial charge in [0.2, 0.25) is 0 Å². The Morgan fingerprint density at radius 2 is 1.67 bits per heavy atom. The van der Waals surface area contributed by atoms with Crippen LogP contribution in [0.5, 0.6) is 5.75 Å². The first-order valence-electron chi connectivity index (χ1n) is 9.35. The van der Waals surface area contributed by atoms with E-state index in [9.17, 15) is 0 Å². The van der Waals surface area contributed by atoms with E-state index in [2.05, 4.69) is 60.5 Å². The van der Waals surface area contributed by atoms with Gasteiger partial charge >= 0.3 is 0 Å². The first-order chi connectivity index (χ1) is 13.1. The van der Waals surface area contributed by atoms with E-state index in [1.807, 2.05) is 18.2 Å². The van der Waals surface area contributed by atoms with Gasteiger partial charge in [-0.2, -0.15) is 0 Å². The van der Waals surface area contributed by atoms with Crippen LogP contribution in [0.4, 0.5) is 5.82 Å². The maximum absolute atomic E-state index is 5.93. The fourth-order valence-corrected chi connectivity index (χ4v) is 3.25. The van der Waals surface area contributed by atoms with E-state index in [0.717, 1.165) is 47.6 Å². The van der Waals surface area contributed by atoms with Crippen molar-refractivity contribution >= 4 is 5.82 Å². The first-order valence-corrected chi connectivity index (χ1v) is 9.35. The molecular weight excluding hydrogens is 334 g/mol. The van der Waals surface area contributed by atoms with Crippen molar-refractivity contribution < 1.29 is 4.74 Å². The third kappa shape index (κ3) is 5.31. The summed E-state index contributed by atoms with van der Waals surface area (Å²) in [6.45, 7) is 6.58. The van der Waals surface area contributed by atoms with E-state index in [4.69, 9.17) is 10.5 Å². The van der Waals surface area contributed by atoms with Crippen LogP contribution in [0.1, 0.15) is 16.7 Å². The summed E-state index contributed by atoms with van der Waals surface area (Å²) >= 11 is 0. The number of nitrogens with two attached hydrogens (primary N) is 1. The summed E-state index contributed by atoms with van der Waals surface area (Å²) in [7, 11) is 0. The number of rotatable bonds is 8. The highest BCUT2D eigenvalue weighted by Crippen LogP contribution is 2.30. The minimum atomic E-state index is 0.535. The van der Waals surface area contributed by atoms with Gasteiger partial charge < -0.3 is 15.8 Å². The molecule has 3 aromatic rings. The summed E-state index contributed by atoms with van der Waals surface area (Å²) in [5, 5.41) is 3.43. The van der Waals surface area contributed by atoms with Crippen LogP contribution >= 0.6 is 0 Å². The Bertz CT molecular complexity index is 855. The Hall–Kier alpha value is -2.85. The summed E-state index contributed by atoms with van der Waals surface area (Å²) in [5.74, 6) is 1.43. The van der Waals surface area contributed by atoms with Gasteiger partial charge in [0.05, 0.1) is 5.69 Å². The van der Waals surface area contributed by atoms with Crippen LogP contribution in [0, 0.1) is 13.8 Å². The lowest BCUT2D eigenvalue weighted by molar-refractivity contribution is 0.314. The van der Waals surface area contributed by atoms with E-state index in [-0.39, 0.29) is 0 Å². The van der Waals surface area contributed by atoms with Crippen LogP contribution in [-0.2, 0) is 6.42 Å². The molecule has 0 saturated heterocycles. The summed E-state index contributed by atoms with van der Waals surface area (Å²) in [5.41, 5.74) is 11.5. The molecule has 0 spiro atoms. The first kappa shape index (κ1) is 18.9. The van der Waals surface area contributed by atoms with Gasteiger partial charge in [-0.1, -0.05) is 36.4 Å². The van der Waals surface area contributed by atoms with Gasteiger partial charge in [0.25, 0.3) is 0 Å². The third-order valence-electron chi connectivity index (χ3n) is 4.51. The molecule has 4 heteroatoms. The molecule has 0 atom stereocenters. The van der Waals surface area contributed by atoms with E-state index in [1.54, 1.807) is 6.07 Å². The summed E-state index contributed by atoms with van der Waals surface area (Å²) in [6, 6.07) is 20.4. The molecule has 0 aliphatic heterocycles. The number of anilines is 1. The fraction of sp³-hybridized carbons (Fsp3) is 0.261. The monoisotopic (exact) mass is 361 g/mol. The van der Waals surface area contributed by atoms with Crippen molar-refractivity contribution in [3.8, 4) is 17.0 Å². The van der Waals surface area contributed by atoms with Crippen molar-refractivity contribution in [2.24, 2.45) is 0 Å². The molecule has 27 heavy (non-hydrogen) atoms. The van der Waals surface area contributed by atoms with E-state index < -0.39 is 0 Å². The second kappa shape index (κ2) is 9.19.